The smallest absolute Gasteiger partial charge is 0.134 e. The van der Waals surface area contributed by atoms with E-state index in [0.29, 0.717) is 55.2 Å². The lowest BCUT2D eigenvalue weighted by molar-refractivity contribution is 0.202. The average molecular weight is 449 g/mol. The van der Waals surface area contributed by atoms with Crippen LogP contribution in [0.1, 0.15) is 27.8 Å². The molecule has 0 N–H and O–H groups in total. The number of rotatable bonds is 9. The monoisotopic (exact) mass is 448 g/mol. The molecule has 0 aliphatic rings. The molecule has 4 heteroatoms. The van der Waals surface area contributed by atoms with Crippen molar-refractivity contribution in [3.8, 4) is 0 Å². The Labute approximate surface area is 192 Å². The summed E-state index contributed by atoms with van der Waals surface area (Å²) in [4.78, 5) is 0. The molecule has 4 aromatic rings. The predicted octanol–water partition coefficient (Wildman–Crippen LogP) is 7.02. The van der Waals surface area contributed by atoms with E-state index in [9.17, 15) is 8.78 Å². The highest BCUT2D eigenvalue weighted by atomic mass is 19.1. The maximum atomic E-state index is 15.1. The number of halogens is 3. The van der Waals surface area contributed by atoms with Gasteiger partial charge in [-0.15, -0.1) is 0 Å². The lowest BCUT2D eigenvalue weighted by atomic mass is 9.97. The summed E-state index contributed by atoms with van der Waals surface area (Å²) in [6, 6.07) is 21.2. The van der Waals surface area contributed by atoms with Crippen molar-refractivity contribution < 1.29 is 17.9 Å². The molecule has 0 bridgehead atoms. The maximum absolute atomic E-state index is 15.1. The molecular formula is C29H27F3O. The minimum Gasteiger partial charge on any atom is -0.384 e. The summed E-state index contributed by atoms with van der Waals surface area (Å²) in [6.07, 6.45) is 3.15. The summed E-state index contributed by atoms with van der Waals surface area (Å²) in [5, 5.41) is 1.43. The Morgan fingerprint density at radius 2 is 1.24 bits per heavy atom. The fourth-order valence-electron chi connectivity index (χ4n) is 4.11. The minimum atomic E-state index is -0.270. The van der Waals surface area contributed by atoms with Crippen LogP contribution >= 0.6 is 0 Å². The molecule has 0 aromatic heterocycles. The topological polar surface area (TPSA) is 9.23 Å². The summed E-state index contributed by atoms with van der Waals surface area (Å²) >= 11 is 0. The van der Waals surface area contributed by atoms with Gasteiger partial charge in [0.1, 0.15) is 17.5 Å². The number of hydrogen-bond donors (Lipinski definition) is 0. The molecule has 0 radical (unpaired) electrons. The van der Waals surface area contributed by atoms with Crippen molar-refractivity contribution in [1.82, 2.24) is 0 Å². The number of methoxy groups -OCH3 is 1. The number of hydrogen-bond acceptors (Lipinski definition) is 1. The van der Waals surface area contributed by atoms with Gasteiger partial charge >= 0.3 is 0 Å². The molecule has 4 aromatic carbocycles. The minimum absolute atomic E-state index is 0.193. The number of benzene rings is 4. The zero-order chi connectivity index (χ0) is 23.2. The van der Waals surface area contributed by atoms with Crippen molar-refractivity contribution in [3.63, 3.8) is 0 Å². The van der Waals surface area contributed by atoms with Gasteiger partial charge in [-0.25, -0.2) is 13.2 Å². The van der Waals surface area contributed by atoms with E-state index in [1.807, 2.05) is 42.5 Å². The Morgan fingerprint density at radius 1 is 0.606 bits per heavy atom. The molecule has 1 nitrogen and oxygen atoms in total. The van der Waals surface area contributed by atoms with Gasteiger partial charge in [0.05, 0.1) is 6.61 Å². The van der Waals surface area contributed by atoms with E-state index in [2.05, 4.69) is 0 Å². The summed E-state index contributed by atoms with van der Waals surface area (Å²) < 4.78 is 47.6. The molecular weight excluding hydrogens is 421 g/mol. The zero-order valence-electron chi connectivity index (χ0n) is 18.7. The summed E-state index contributed by atoms with van der Waals surface area (Å²) in [7, 11) is 1.63. The highest BCUT2D eigenvalue weighted by Crippen LogP contribution is 2.25. The van der Waals surface area contributed by atoms with E-state index in [1.54, 1.807) is 25.3 Å². The van der Waals surface area contributed by atoms with Crippen LogP contribution in [0.5, 0.6) is 0 Å². The maximum Gasteiger partial charge on any atom is 0.134 e. The third-order valence-electron chi connectivity index (χ3n) is 6.09. The van der Waals surface area contributed by atoms with Crippen LogP contribution in [0.15, 0.2) is 72.8 Å². The Bertz CT molecular complexity index is 1230. The molecule has 33 heavy (non-hydrogen) atoms. The first-order valence-electron chi connectivity index (χ1n) is 11.2. The molecule has 0 saturated carbocycles. The van der Waals surface area contributed by atoms with Crippen LogP contribution < -0.4 is 0 Å². The molecule has 0 unspecified atom stereocenters. The van der Waals surface area contributed by atoms with Gasteiger partial charge in [-0.2, -0.15) is 0 Å². The molecule has 4 rings (SSSR count). The van der Waals surface area contributed by atoms with Crippen molar-refractivity contribution in [2.45, 2.75) is 32.1 Å². The quantitative estimate of drug-likeness (QED) is 0.267. The second-order valence-corrected chi connectivity index (χ2v) is 8.39. The van der Waals surface area contributed by atoms with Crippen molar-refractivity contribution >= 4 is 10.8 Å². The van der Waals surface area contributed by atoms with E-state index in [1.165, 1.54) is 12.1 Å². The Hall–Kier alpha value is -3.11. The second-order valence-electron chi connectivity index (χ2n) is 8.39. The number of fused-ring (bicyclic) bond motifs is 1. The predicted molar refractivity (Wildman–Crippen MR) is 127 cm³/mol. The van der Waals surface area contributed by atoms with Gasteiger partial charge in [0.15, 0.2) is 0 Å². The first-order chi connectivity index (χ1) is 16.0. The van der Waals surface area contributed by atoms with E-state index in [4.69, 9.17) is 4.74 Å². The van der Waals surface area contributed by atoms with Crippen LogP contribution in [0.2, 0.25) is 0 Å². The first-order valence-corrected chi connectivity index (χ1v) is 11.2. The van der Waals surface area contributed by atoms with Gasteiger partial charge in [0.2, 0.25) is 0 Å². The SMILES string of the molecule is COCCc1ccc(CCc2ccc3c(F)c(CCc4ccc(F)cc4)ccc3c2)c(F)c1. The molecule has 0 saturated heterocycles. The van der Waals surface area contributed by atoms with Crippen molar-refractivity contribution in [1.29, 1.82) is 0 Å². The number of aryl methyl sites for hydroxylation is 4. The van der Waals surface area contributed by atoms with Crippen molar-refractivity contribution in [3.05, 3.63) is 118 Å². The fraction of sp³-hybridized carbons (Fsp3) is 0.241. The molecule has 0 fully saturated rings. The van der Waals surface area contributed by atoms with Crippen LogP contribution in [-0.4, -0.2) is 13.7 Å². The van der Waals surface area contributed by atoms with E-state index in [-0.39, 0.29) is 17.5 Å². The highest BCUT2D eigenvalue weighted by molar-refractivity contribution is 5.84. The van der Waals surface area contributed by atoms with E-state index in [0.717, 1.165) is 22.1 Å². The van der Waals surface area contributed by atoms with Gasteiger partial charge in [-0.1, -0.05) is 54.6 Å². The van der Waals surface area contributed by atoms with Crippen LogP contribution in [0.3, 0.4) is 0 Å². The van der Waals surface area contributed by atoms with E-state index >= 15 is 4.39 Å². The van der Waals surface area contributed by atoms with Gasteiger partial charge in [0.25, 0.3) is 0 Å². The molecule has 0 spiro atoms. The van der Waals surface area contributed by atoms with Gasteiger partial charge in [-0.05, 0) is 83.5 Å². The third-order valence-corrected chi connectivity index (χ3v) is 6.09. The molecule has 0 aliphatic carbocycles. The lowest BCUT2D eigenvalue weighted by Crippen LogP contribution is -1.99. The number of ether oxygens (including phenoxy) is 1. The molecule has 0 aliphatic heterocycles. The fourth-order valence-corrected chi connectivity index (χ4v) is 4.11. The lowest BCUT2D eigenvalue weighted by Gasteiger charge is -2.10. The van der Waals surface area contributed by atoms with Crippen LogP contribution in [0, 0.1) is 17.5 Å². The van der Waals surface area contributed by atoms with Crippen LogP contribution in [0.4, 0.5) is 13.2 Å². The largest absolute Gasteiger partial charge is 0.384 e. The third kappa shape index (κ3) is 5.82. The molecule has 0 amide bonds. The molecule has 0 atom stereocenters. The second kappa shape index (κ2) is 10.7. The normalized spacial score (nSPS) is 11.3. The van der Waals surface area contributed by atoms with Gasteiger partial charge in [-0.3, -0.25) is 0 Å². The first kappa shape index (κ1) is 23.1. The van der Waals surface area contributed by atoms with E-state index < -0.39 is 0 Å². The van der Waals surface area contributed by atoms with Gasteiger partial charge in [0, 0.05) is 12.5 Å². The summed E-state index contributed by atoms with van der Waals surface area (Å²) in [6.45, 7) is 0.570. The summed E-state index contributed by atoms with van der Waals surface area (Å²) in [5.74, 6) is -0.673. The summed E-state index contributed by atoms with van der Waals surface area (Å²) in [5.41, 5.74) is 4.28. The van der Waals surface area contributed by atoms with Crippen LogP contribution in [-0.2, 0) is 36.8 Å². The van der Waals surface area contributed by atoms with Crippen LogP contribution in [0.25, 0.3) is 10.8 Å². The average Bonchev–Trinajstić information content (AvgIpc) is 2.82. The Morgan fingerprint density at radius 3 is 2.00 bits per heavy atom. The Kier molecular flexibility index (Phi) is 7.46. The van der Waals surface area contributed by atoms with Crippen molar-refractivity contribution in [2.75, 3.05) is 13.7 Å². The molecule has 170 valence electrons. The zero-order valence-corrected chi connectivity index (χ0v) is 18.7. The highest BCUT2D eigenvalue weighted by Gasteiger charge is 2.10. The van der Waals surface area contributed by atoms with Crippen molar-refractivity contribution in [2.24, 2.45) is 0 Å². The standard InChI is InChI=1S/C29H27F3O/c1-33-17-16-22-4-9-23(28(31)19-22)8-3-21-7-15-27-25(18-21)12-11-24(29(27)32)10-2-20-5-13-26(30)14-6-20/h4-7,9,11-15,18-19H,2-3,8,10,16-17H2,1H3. The van der Waals surface area contributed by atoms with Gasteiger partial charge < -0.3 is 4.74 Å². The Balaban J connectivity index is 1.43. The molecule has 0 heterocycles.